The molecule has 0 aromatic heterocycles. The van der Waals surface area contributed by atoms with Gasteiger partial charge in [0.15, 0.2) is 0 Å². The molecule has 0 saturated carbocycles. The van der Waals surface area contributed by atoms with E-state index in [0.717, 1.165) is 25.1 Å². The molecule has 0 spiro atoms. The van der Waals surface area contributed by atoms with Crippen molar-refractivity contribution in [1.82, 2.24) is 10.2 Å². The van der Waals surface area contributed by atoms with E-state index < -0.39 is 12.2 Å². The van der Waals surface area contributed by atoms with Crippen molar-refractivity contribution in [3.05, 3.63) is 33.8 Å². The van der Waals surface area contributed by atoms with Crippen molar-refractivity contribution in [2.75, 3.05) is 26.2 Å². The number of rotatable bonds is 6. The van der Waals surface area contributed by atoms with Crippen molar-refractivity contribution in [3.8, 4) is 0 Å². The molecule has 0 aliphatic carbocycles. The summed E-state index contributed by atoms with van der Waals surface area (Å²) < 4.78 is 0. The number of aliphatic hydroxyl groups excluding tert-OH is 2. The van der Waals surface area contributed by atoms with Gasteiger partial charge in [0, 0.05) is 25.7 Å². The molecule has 1 aromatic rings. The number of β-amino-alcohol motifs (C(OH)–C–C–N with tert-alkyl or cyclic N) is 2. The third-order valence-corrected chi connectivity index (χ3v) is 4.71. The van der Waals surface area contributed by atoms with Crippen molar-refractivity contribution < 1.29 is 10.2 Å². The van der Waals surface area contributed by atoms with Crippen LogP contribution in [0.3, 0.4) is 0 Å². The lowest BCUT2D eigenvalue weighted by atomic mass is 10.0. The van der Waals surface area contributed by atoms with Gasteiger partial charge in [-0.15, -0.1) is 0 Å². The Morgan fingerprint density at radius 1 is 1.29 bits per heavy atom. The number of aliphatic hydroxyl groups is 2. The molecule has 0 amide bonds. The van der Waals surface area contributed by atoms with Gasteiger partial charge < -0.3 is 15.5 Å². The molecule has 1 heterocycles. The van der Waals surface area contributed by atoms with E-state index in [4.69, 9.17) is 23.2 Å². The largest absolute Gasteiger partial charge is 0.389 e. The Morgan fingerprint density at radius 2 is 1.95 bits per heavy atom. The second kappa shape index (κ2) is 7.77. The predicted octanol–water partition coefficient (Wildman–Crippen LogP) is 2.07. The molecular formula is C15H22Cl2N2O2. The number of halogens is 2. The van der Waals surface area contributed by atoms with Gasteiger partial charge in [-0.25, -0.2) is 0 Å². The highest BCUT2D eigenvalue weighted by Gasteiger charge is 2.29. The minimum absolute atomic E-state index is 0.107. The van der Waals surface area contributed by atoms with Crippen LogP contribution in [-0.2, 0) is 0 Å². The van der Waals surface area contributed by atoms with E-state index in [1.807, 2.05) is 12.1 Å². The Hall–Kier alpha value is -0.360. The summed E-state index contributed by atoms with van der Waals surface area (Å²) in [7, 11) is 0. The standard InChI is InChI=1S/C15H22Cl2N2O2/c1-2-18-12(10-4-3-5-11(16)15(10)17)6-7-19-8-13(20)14(21)9-19/h3-5,12-14,18,20-21H,2,6-9H2,1H3. The average Bonchev–Trinajstić information content (AvgIpc) is 2.77. The summed E-state index contributed by atoms with van der Waals surface area (Å²) in [4.78, 5) is 2.07. The number of benzene rings is 1. The fourth-order valence-electron chi connectivity index (χ4n) is 2.74. The third-order valence-electron chi connectivity index (χ3n) is 3.88. The molecule has 3 unspecified atom stereocenters. The van der Waals surface area contributed by atoms with Crippen LogP contribution >= 0.6 is 23.2 Å². The first-order valence-corrected chi connectivity index (χ1v) is 8.04. The predicted molar refractivity (Wildman–Crippen MR) is 86.0 cm³/mol. The highest BCUT2D eigenvalue weighted by Crippen LogP contribution is 2.31. The SMILES string of the molecule is CCNC(CCN1CC(O)C(O)C1)c1cccc(Cl)c1Cl. The summed E-state index contributed by atoms with van der Waals surface area (Å²) >= 11 is 12.4. The Balaban J connectivity index is 2.01. The molecule has 0 radical (unpaired) electrons. The van der Waals surface area contributed by atoms with Gasteiger partial charge in [0.2, 0.25) is 0 Å². The summed E-state index contributed by atoms with van der Waals surface area (Å²) in [5.74, 6) is 0. The summed E-state index contributed by atoms with van der Waals surface area (Å²) in [5.41, 5.74) is 0.992. The van der Waals surface area contributed by atoms with E-state index in [0.29, 0.717) is 23.1 Å². The molecule has 1 aromatic carbocycles. The lowest BCUT2D eigenvalue weighted by molar-refractivity contribution is 0.0572. The molecule has 1 saturated heterocycles. The smallest absolute Gasteiger partial charge is 0.0938 e. The van der Waals surface area contributed by atoms with Crippen LogP contribution in [0, 0.1) is 0 Å². The quantitative estimate of drug-likeness (QED) is 0.746. The molecule has 4 nitrogen and oxygen atoms in total. The van der Waals surface area contributed by atoms with E-state index >= 15 is 0 Å². The molecule has 21 heavy (non-hydrogen) atoms. The number of hydrogen-bond acceptors (Lipinski definition) is 4. The van der Waals surface area contributed by atoms with E-state index in [1.165, 1.54) is 0 Å². The zero-order valence-corrected chi connectivity index (χ0v) is 13.6. The van der Waals surface area contributed by atoms with Crippen molar-refractivity contribution in [3.63, 3.8) is 0 Å². The van der Waals surface area contributed by atoms with Gasteiger partial charge in [-0.2, -0.15) is 0 Å². The van der Waals surface area contributed by atoms with Crippen LogP contribution in [-0.4, -0.2) is 53.5 Å². The third kappa shape index (κ3) is 4.31. The zero-order valence-electron chi connectivity index (χ0n) is 12.1. The number of hydrogen-bond donors (Lipinski definition) is 3. The summed E-state index contributed by atoms with van der Waals surface area (Å²) in [6.07, 6.45) is -0.442. The highest BCUT2D eigenvalue weighted by molar-refractivity contribution is 6.42. The number of nitrogens with one attached hydrogen (secondary N) is 1. The number of nitrogens with zero attached hydrogens (tertiary/aromatic N) is 1. The molecule has 1 aliphatic heterocycles. The minimum Gasteiger partial charge on any atom is -0.389 e. The van der Waals surface area contributed by atoms with Gasteiger partial charge in [0.1, 0.15) is 0 Å². The van der Waals surface area contributed by atoms with Crippen molar-refractivity contribution in [2.45, 2.75) is 31.6 Å². The first kappa shape index (κ1) is 17.0. The molecule has 1 aliphatic rings. The maximum atomic E-state index is 9.59. The van der Waals surface area contributed by atoms with Crippen LogP contribution in [0.25, 0.3) is 0 Å². The second-order valence-corrected chi connectivity index (χ2v) is 6.22. The van der Waals surface area contributed by atoms with Crippen LogP contribution < -0.4 is 5.32 Å². The monoisotopic (exact) mass is 332 g/mol. The summed E-state index contributed by atoms with van der Waals surface area (Å²) in [6.45, 7) is 4.70. The normalized spacial score (nSPS) is 24.4. The fraction of sp³-hybridized carbons (Fsp3) is 0.600. The lowest BCUT2D eigenvalue weighted by Crippen LogP contribution is -2.29. The van der Waals surface area contributed by atoms with Crippen LogP contribution in [0.4, 0.5) is 0 Å². The summed E-state index contributed by atoms with van der Waals surface area (Å²) in [6, 6.07) is 5.77. The Morgan fingerprint density at radius 3 is 2.57 bits per heavy atom. The zero-order chi connectivity index (χ0) is 15.4. The van der Waals surface area contributed by atoms with Crippen LogP contribution in [0.15, 0.2) is 18.2 Å². The molecule has 0 bridgehead atoms. The second-order valence-electron chi connectivity index (χ2n) is 5.44. The Kier molecular flexibility index (Phi) is 6.29. The molecular weight excluding hydrogens is 311 g/mol. The van der Waals surface area contributed by atoms with Crippen LogP contribution in [0.2, 0.25) is 10.0 Å². The summed E-state index contributed by atoms with van der Waals surface area (Å²) in [5, 5.41) is 23.7. The van der Waals surface area contributed by atoms with Gasteiger partial charge in [0.25, 0.3) is 0 Å². The lowest BCUT2D eigenvalue weighted by Gasteiger charge is -2.23. The van der Waals surface area contributed by atoms with Gasteiger partial charge in [-0.3, -0.25) is 4.90 Å². The van der Waals surface area contributed by atoms with Crippen molar-refractivity contribution in [2.24, 2.45) is 0 Å². The van der Waals surface area contributed by atoms with E-state index in [1.54, 1.807) is 6.07 Å². The Bertz CT molecular complexity index is 463. The van der Waals surface area contributed by atoms with Crippen LogP contribution in [0.5, 0.6) is 0 Å². The Labute approximate surface area is 135 Å². The molecule has 2 rings (SSSR count). The molecule has 118 valence electrons. The molecule has 6 heteroatoms. The van der Waals surface area contributed by atoms with E-state index in [-0.39, 0.29) is 6.04 Å². The molecule has 1 fully saturated rings. The van der Waals surface area contributed by atoms with Crippen LogP contribution in [0.1, 0.15) is 24.9 Å². The molecule has 3 atom stereocenters. The topological polar surface area (TPSA) is 55.7 Å². The number of likely N-dealkylation sites (tertiary alicyclic amines) is 1. The van der Waals surface area contributed by atoms with Crippen molar-refractivity contribution >= 4 is 23.2 Å². The minimum atomic E-state index is -0.641. The highest BCUT2D eigenvalue weighted by atomic mass is 35.5. The fourth-order valence-corrected chi connectivity index (χ4v) is 3.18. The first-order chi connectivity index (χ1) is 10.0. The van der Waals surface area contributed by atoms with Crippen molar-refractivity contribution in [1.29, 1.82) is 0 Å². The van der Waals surface area contributed by atoms with Gasteiger partial charge in [0.05, 0.1) is 22.3 Å². The maximum absolute atomic E-state index is 9.59. The van der Waals surface area contributed by atoms with E-state index in [2.05, 4.69) is 17.1 Å². The molecule has 3 N–H and O–H groups in total. The average molecular weight is 333 g/mol. The van der Waals surface area contributed by atoms with Gasteiger partial charge in [-0.1, -0.05) is 42.3 Å². The van der Waals surface area contributed by atoms with Gasteiger partial charge in [-0.05, 0) is 24.6 Å². The maximum Gasteiger partial charge on any atom is 0.0938 e. The van der Waals surface area contributed by atoms with E-state index in [9.17, 15) is 10.2 Å². The first-order valence-electron chi connectivity index (χ1n) is 7.28. The van der Waals surface area contributed by atoms with Gasteiger partial charge >= 0.3 is 0 Å².